The third kappa shape index (κ3) is 73.6. The molecule has 0 aliphatic rings. The molecule has 0 aromatic rings. The second-order valence-corrected chi connectivity index (χ2v) is 27.3. The first-order valence-corrected chi connectivity index (χ1v) is 38.9. The lowest BCUT2D eigenvalue weighted by Gasteiger charge is -2.25. The molecule has 532 valence electrons. The standard InChI is InChI=1S/C83H147NO8/c1-6-8-10-12-14-16-18-20-22-24-26-28-30-32-34-36-37-38-39-40-41-42-43-44-46-47-49-51-53-55-57-59-61-63-65-67-69-71-73-80(85)90-77-79(78-91-83(82(87)88)89-76-75-84(3,4)5)92-81(86)74-72-70-68-66-64-62-60-58-56-54-52-50-48-45-35-33-31-29-27-25-23-21-19-17-15-13-11-9-7-2/h9,11,15,17,21,23,27,29,33,35,48,50,54,56,60,62,79,83H,6-8,10,12-14,16,18-20,22,24-26,28,30-32,34,36-47,49,51-53,55,57-59,61,63-78H2,1-5H3/p+1/b11-9-,17-15-,23-21-,29-27-,35-33-,50-48-,56-54-,62-60-. The summed E-state index contributed by atoms with van der Waals surface area (Å²) in [5.74, 6) is -2.03. The van der Waals surface area contributed by atoms with E-state index in [0.717, 1.165) is 96.3 Å². The van der Waals surface area contributed by atoms with Crippen molar-refractivity contribution < 1.29 is 42.9 Å². The third-order valence-corrected chi connectivity index (χ3v) is 17.1. The number of carbonyl (C=O) groups excluding carboxylic acids is 2. The highest BCUT2D eigenvalue weighted by atomic mass is 16.7. The minimum Gasteiger partial charge on any atom is -0.477 e. The maximum Gasteiger partial charge on any atom is 0.361 e. The number of unbranched alkanes of at least 4 members (excludes halogenated alkanes) is 41. The number of likely N-dealkylation sites (N-methyl/N-ethyl adjacent to an activating group) is 1. The summed E-state index contributed by atoms with van der Waals surface area (Å²) in [5.41, 5.74) is 0. The van der Waals surface area contributed by atoms with Gasteiger partial charge in [-0.15, -0.1) is 0 Å². The van der Waals surface area contributed by atoms with Gasteiger partial charge in [0.05, 0.1) is 34.4 Å². The maximum absolute atomic E-state index is 13.0. The molecule has 92 heavy (non-hydrogen) atoms. The summed E-state index contributed by atoms with van der Waals surface area (Å²) in [4.78, 5) is 37.7. The van der Waals surface area contributed by atoms with E-state index >= 15 is 0 Å². The van der Waals surface area contributed by atoms with E-state index in [1.54, 1.807) is 0 Å². The number of hydrogen-bond acceptors (Lipinski definition) is 7. The van der Waals surface area contributed by atoms with Gasteiger partial charge >= 0.3 is 17.9 Å². The van der Waals surface area contributed by atoms with E-state index in [-0.39, 0.29) is 32.2 Å². The number of carboxylic acid groups (broad SMARTS) is 1. The average molecular weight is 1290 g/mol. The number of carbonyl (C=O) groups is 3. The molecule has 0 aromatic carbocycles. The monoisotopic (exact) mass is 1290 g/mol. The van der Waals surface area contributed by atoms with E-state index in [9.17, 15) is 19.5 Å². The number of nitrogens with zero attached hydrogens (tertiary/aromatic N) is 1. The number of esters is 2. The number of quaternary nitrogens is 1. The summed E-state index contributed by atoms with van der Waals surface area (Å²) < 4.78 is 23.0. The molecule has 0 heterocycles. The molecule has 0 bridgehead atoms. The molecule has 0 aliphatic heterocycles. The molecule has 2 unspecified atom stereocenters. The first-order chi connectivity index (χ1) is 45.1. The van der Waals surface area contributed by atoms with Crippen molar-refractivity contribution in [3.8, 4) is 0 Å². The Morgan fingerprint density at radius 3 is 0.924 bits per heavy atom. The lowest BCUT2D eigenvalue weighted by molar-refractivity contribution is -0.870. The molecule has 0 aromatic heterocycles. The van der Waals surface area contributed by atoms with E-state index in [4.69, 9.17) is 18.9 Å². The molecule has 1 N–H and O–H groups in total. The number of carboxylic acids is 1. The molecule has 0 spiro atoms. The van der Waals surface area contributed by atoms with Crippen LogP contribution in [0.25, 0.3) is 0 Å². The van der Waals surface area contributed by atoms with E-state index in [2.05, 4.69) is 111 Å². The summed E-state index contributed by atoms with van der Waals surface area (Å²) in [6.45, 7) is 4.77. The highest BCUT2D eigenvalue weighted by Gasteiger charge is 2.25. The van der Waals surface area contributed by atoms with Crippen LogP contribution in [-0.4, -0.2) is 87.4 Å². The molecule has 0 saturated carbocycles. The van der Waals surface area contributed by atoms with Gasteiger partial charge in [0.2, 0.25) is 0 Å². The van der Waals surface area contributed by atoms with Gasteiger partial charge in [0.1, 0.15) is 13.2 Å². The number of hydrogen-bond donors (Lipinski definition) is 1. The van der Waals surface area contributed by atoms with Crippen LogP contribution in [0.15, 0.2) is 97.2 Å². The van der Waals surface area contributed by atoms with E-state index in [1.807, 2.05) is 21.1 Å². The number of allylic oxidation sites excluding steroid dienone is 16. The van der Waals surface area contributed by atoms with E-state index < -0.39 is 24.3 Å². The average Bonchev–Trinajstić information content (AvgIpc) is 3.75. The van der Waals surface area contributed by atoms with Crippen molar-refractivity contribution in [2.75, 3.05) is 47.5 Å². The zero-order valence-corrected chi connectivity index (χ0v) is 60.9. The Bertz CT molecular complexity index is 1840. The van der Waals surface area contributed by atoms with Crippen LogP contribution in [0.3, 0.4) is 0 Å². The molecule has 9 heteroatoms. The third-order valence-electron chi connectivity index (χ3n) is 17.1. The van der Waals surface area contributed by atoms with Crippen molar-refractivity contribution in [3.63, 3.8) is 0 Å². The summed E-state index contributed by atoms with van der Waals surface area (Å²) in [7, 11) is 5.97. The number of aliphatic carboxylic acids is 1. The van der Waals surface area contributed by atoms with Gasteiger partial charge in [0.15, 0.2) is 6.10 Å². The van der Waals surface area contributed by atoms with Gasteiger partial charge in [-0.3, -0.25) is 9.59 Å². The van der Waals surface area contributed by atoms with Gasteiger partial charge in [-0.1, -0.05) is 361 Å². The summed E-state index contributed by atoms with van der Waals surface area (Å²) in [6, 6.07) is 0. The van der Waals surface area contributed by atoms with Crippen molar-refractivity contribution in [1.82, 2.24) is 0 Å². The quantitative estimate of drug-likeness (QED) is 0.0211. The fourth-order valence-electron chi connectivity index (χ4n) is 11.2. The van der Waals surface area contributed by atoms with Gasteiger partial charge < -0.3 is 28.5 Å². The Kier molecular flexibility index (Phi) is 70.0. The van der Waals surface area contributed by atoms with Crippen LogP contribution in [0.4, 0.5) is 0 Å². The van der Waals surface area contributed by atoms with Crippen molar-refractivity contribution in [3.05, 3.63) is 97.2 Å². The number of rotatable bonds is 72. The Hall–Kier alpha value is -3.79. The largest absolute Gasteiger partial charge is 0.477 e. The number of ether oxygens (including phenoxy) is 4. The smallest absolute Gasteiger partial charge is 0.361 e. The minimum absolute atomic E-state index is 0.179. The molecule has 0 radical (unpaired) electrons. The Morgan fingerprint density at radius 2 is 0.620 bits per heavy atom. The highest BCUT2D eigenvalue weighted by molar-refractivity contribution is 5.71. The Morgan fingerprint density at radius 1 is 0.337 bits per heavy atom. The summed E-state index contributed by atoms with van der Waals surface area (Å²) >= 11 is 0. The van der Waals surface area contributed by atoms with Crippen LogP contribution in [0.2, 0.25) is 0 Å². The zero-order valence-electron chi connectivity index (χ0n) is 60.9. The predicted molar refractivity (Wildman–Crippen MR) is 396 cm³/mol. The molecule has 0 fully saturated rings. The molecular formula is C83H148NO8+. The van der Waals surface area contributed by atoms with Crippen LogP contribution < -0.4 is 0 Å². The molecule has 0 saturated heterocycles. The molecule has 2 atom stereocenters. The van der Waals surface area contributed by atoms with Crippen LogP contribution in [0.1, 0.15) is 354 Å². The van der Waals surface area contributed by atoms with Gasteiger partial charge in [-0.05, 0) is 77.0 Å². The molecule has 9 nitrogen and oxygen atoms in total. The van der Waals surface area contributed by atoms with Crippen LogP contribution in [-0.2, 0) is 33.3 Å². The zero-order chi connectivity index (χ0) is 66.8. The van der Waals surface area contributed by atoms with Crippen molar-refractivity contribution >= 4 is 17.9 Å². The lowest BCUT2D eigenvalue weighted by Crippen LogP contribution is -2.40. The van der Waals surface area contributed by atoms with Crippen molar-refractivity contribution in [1.29, 1.82) is 0 Å². The molecule has 0 amide bonds. The van der Waals surface area contributed by atoms with Crippen molar-refractivity contribution in [2.45, 2.75) is 367 Å². The summed E-state index contributed by atoms with van der Waals surface area (Å²) in [5, 5.41) is 9.76. The Labute approximate surface area is 569 Å². The summed E-state index contributed by atoms with van der Waals surface area (Å²) in [6.07, 6.45) is 98.5. The normalized spacial score (nSPS) is 13.2. The van der Waals surface area contributed by atoms with Crippen LogP contribution >= 0.6 is 0 Å². The SMILES string of the molecule is CC/C=C\C/C=C\C/C=C\C/C=C\C/C=C\C/C=C\C/C=C\C/C=C\CCCCCCC(=O)OC(COC(=O)CCCCCCCCCCCCCCCCCCCCCCCCCCCCCCCCCCCCCCCC)COC(OCC[N+](C)(C)C)C(=O)O. The topological polar surface area (TPSA) is 108 Å². The van der Waals surface area contributed by atoms with Gasteiger partial charge in [0, 0.05) is 12.8 Å². The fraction of sp³-hybridized carbons (Fsp3) is 0.771. The van der Waals surface area contributed by atoms with Gasteiger partial charge in [-0.25, -0.2) is 4.79 Å². The van der Waals surface area contributed by atoms with Crippen molar-refractivity contribution in [2.24, 2.45) is 0 Å². The van der Waals surface area contributed by atoms with Crippen LogP contribution in [0.5, 0.6) is 0 Å². The lowest BCUT2D eigenvalue weighted by atomic mass is 10.0. The predicted octanol–water partition coefficient (Wildman–Crippen LogP) is 24.8. The first kappa shape index (κ1) is 88.2. The fourth-order valence-corrected chi connectivity index (χ4v) is 11.2. The first-order valence-electron chi connectivity index (χ1n) is 38.9. The molecule has 0 aliphatic carbocycles. The highest BCUT2D eigenvalue weighted by Crippen LogP contribution is 2.19. The van der Waals surface area contributed by atoms with Crippen LogP contribution in [0, 0.1) is 0 Å². The van der Waals surface area contributed by atoms with E-state index in [0.29, 0.717) is 23.9 Å². The maximum atomic E-state index is 13.0. The second kappa shape index (κ2) is 73.0. The molecule has 0 rings (SSSR count). The molecular weight excluding hydrogens is 1140 g/mol. The van der Waals surface area contributed by atoms with Gasteiger partial charge in [0.25, 0.3) is 6.29 Å². The van der Waals surface area contributed by atoms with Gasteiger partial charge in [-0.2, -0.15) is 0 Å². The minimum atomic E-state index is -1.52. The van der Waals surface area contributed by atoms with E-state index in [1.165, 1.54) is 225 Å². The Balaban J connectivity index is 4.05. The second-order valence-electron chi connectivity index (χ2n) is 27.3.